The van der Waals surface area contributed by atoms with Gasteiger partial charge in [0.05, 0.1) is 12.0 Å². The van der Waals surface area contributed by atoms with Gasteiger partial charge in [0.25, 0.3) is 0 Å². The molecule has 0 atom stereocenters. The topological polar surface area (TPSA) is 65.0 Å². The van der Waals surface area contributed by atoms with Crippen molar-refractivity contribution in [2.45, 2.75) is 57.8 Å². The van der Waals surface area contributed by atoms with Crippen LogP contribution in [0.1, 0.15) is 46.5 Å². The normalized spacial score (nSPS) is 41.4. The Morgan fingerprint density at radius 1 is 1.06 bits per heavy atom. The second-order valence-corrected chi connectivity index (χ2v) is 5.99. The van der Waals surface area contributed by atoms with Crippen molar-refractivity contribution in [1.29, 1.82) is 0 Å². The molecule has 2 fully saturated rings. The molecule has 0 bridgehead atoms. The smallest absolute Gasteiger partial charge is 0.309 e. The van der Waals surface area contributed by atoms with Gasteiger partial charge in [0.2, 0.25) is 5.79 Å². The van der Waals surface area contributed by atoms with E-state index in [0.717, 1.165) is 0 Å². The van der Waals surface area contributed by atoms with Crippen molar-refractivity contribution in [1.82, 2.24) is 0 Å². The van der Waals surface area contributed by atoms with E-state index in [9.17, 15) is 4.79 Å². The average molecular weight is 244 g/mol. The van der Waals surface area contributed by atoms with E-state index in [-0.39, 0.29) is 0 Å². The first-order chi connectivity index (χ1) is 7.77. The molecule has 0 unspecified atom stereocenters. The number of aliphatic carboxylic acids is 1. The van der Waals surface area contributed by atoms with Gasteiger partial charge in [-0.1, -0.05) is 0 Å². The van der Waals surface area contributed by atoms with Crippen molar-refractivity contribution in [3.05, 3.63) is 0 Å². The Morgan fingerprint density at radius 2 is 1.65 bits per heavy atom. The van der Waals surface area contributed by atoms with Crippen LogP contribution in [0.3, 0.4) is 0 Å². The second-order valence-electron chi connectivity index (χ2n) is 5.99. The van der Waals surface area contributed by atoms with Gasteiger partial charge >= 0.3 is 5.97 Å². The van der Waals surface area contributed by atoms with Gasteiger partial charge in [-0.15, -0.1) is 0 Å². The van der Waals surface area contributed by atoms with Gasteiger partial charge in [0.1, 0.15) is 5.60 Å². The van der Waals surface area contributed by atoms with E-state index in [1.165, 1.54) is 0 Å². The summed E-state index contributed by atoms with van der Waals surface area (Å²) in [7, 11) is 0. The molecule has 0 radical (unpaired) electrons. The summed E-state index contributed by atoms with van der Waals surface area (Å²) < 4.78 is 5.75. The molecule has 1 heterocycles. The Morgan fingerprint density at radius 3 is 2.06 bits per heavy atom. The standard InChI is InChI=1S/C12H20O5/c1-10(2)8-15-12(17-16-10)6-4-11(3,5-7-12)9(13)14/h4-8H2,1-3H3,(H,13,14). The second kappa shape index (κ2) is 3.93. The number of carbonyl (C=O) groups is 1. The lowest BCUT2D eigenvalue weighted by Gasteiger charge is -2.46. The number of hydrogen-bond donors (Lipinski definition) is 1. The molecule has 2 aliphatic rings. The van der Waals surface area contributed by atoms with Crippen molar-refractivity contribution in [2.24, 2.45) is 5.41 Å². The molecule has 0 aromatic heterocycles. The van der Waals surface area contributed by atoms with Crippen molar-refractivity contribution in [3.8, 4) is 0 Å². The fourth-order valence-electron chi connectivity index (χ4n) is 2.17. The Kier molecular flexibility index (Phi) is 2.96. The summed E-state index contributed by atoms with van der Waals surface area (Å²) in [6.45, 7) is 6.03. The number of ether oxygens (including phenoxy) is 1. The largest absolute Gasteiger partial charge is 0.481 e. The third-order valence-electron chi connectivity index (χ3n) is 3.73. The minimum absolute atomic E-state index is 0.432. The molecule has 1 aliphatic carbocycles. The maximum Gasteiger partial charge on any atom is 0.309 e. The molecule has 1 saturated heterocycles. The predicted molar refractivity (Wildman–Crippen MR) is 59.1 cm³/mol. The van der Waals surface area contributed by atoms with Gasteiger partial charge in [-0.3, -0.25) is 4.79 Å². The van der Waals surface area contributed by atoms with Crippen molar-refractivity contribution in [3.63, 3.8) is 0 Å². The van der Waals surface area contributed by atoms with E-state index in [1.54, 1.807) is 6.92 Å². The van der Waals surface area contributed by atoms with Crippen LogP contribution in [0.15, 0.2) is 0 Å². The zero-order valence-electron chi connectivity index (χ0n) is 10.6. The molecular formula is C12H20O5. The van der Waals surface area contributed by atoms with Crippen LogP contribution >= 0.6 is 0 Å². The van der Waals surface area contributed by atoms with Crippen molar-refractivity contribution in [2.75, 3.05) is 6.61 Å². The molecule has 0 amide bonds. The monoisotopic (exact) mass is 244 g/mol. The highest BCUT2D eigenvalue weighted by atomic mass is 17.2. The molecule has 1 N–H and O–H groups in total. The fourth-order valence-corrected chi connectivity index (χ4v) is 2.17. The summed E-state index contributed by atoms with van der Waals surface area (Å²) in [5.74, 6) is -1.48. The highest BCUT2D eigenvalue weighted by Gasteiger charge is 2.49. The predicted octanol–water partition coefficient (Wildman–Crippen LogP) is 2.10. The first kappa shape index (κ1) is 12.8. The van der Waals surface area contributed by atoms with E-state index in [0.29, 0.717) is 32.3 Å². The SMILES string of the molecule is CC1(C)COC2(CCC(C)(C(=O)O)CC2)OO1. The van der Waals surface area contributed by atoms with Gasteiger partial charge in [0, 0.05) is 12.8 Å². The maximum absolute atomic E-state index is 11.1. The zero-order chi connectivity index (χ0) is 12.7. The molecule has 1 spiro atoms. The third-order valence-corrected chi connectivity index (χ3v) is 3.73. The number of carboxylic acid groups (broad SMARTS) is 1. The highest BCUT2D eigenvalue weighted by Crippen LogP contribution is 2.45. The first-order valence-corrected chi connectivity index (χ1v) is 6.01. The van der Waals surface area contributed by atoms with Gasteiger partial charge in [-0.25, -0.2) is 9.78 Å². The first-order valence-electron chi connectivity index (χ1n) is 6.01. The van der Waals surface area contributed by atoms with Crippen LogP contribution in [0.4, 0.5) is 0 Å². The molecule has 1 saturated carbocycles. The molecule has 5 heteroatoms. The van der Waals surface area contributed by atoms with Crippen LogP contribution in [-0.4, -0.2) is 29.1 Å². The van der Waals surface area contributed by atoms with Gasteiger partial charge in [-0.05, 0) is 33.6 Å². The molecule has 1 aliphatic heterocycles. The summed E-state index contributed by atoms with van der Waals surface area (Å²) >= 11 is 0. The summed E-state index contributed by atoms with van der Waals surface area (Å²) in [4.78, 5) is 21.8. The summed E-state index contributed by atoms with van der Waals surface area (Å²) in [5.41, 5.74) is -1.09. The molecule has 17 heavy (non-hydrogen) atoms. The van der Waals surface area contributed by atoms with Crippen molar-refractivity contribution >= 4 is 5.97 Å². The van der Waals surface area contributed by atoms with Crippen molar-refractivity contribution < 1.29 is 24.4 Å². The van der Waals surface area contributed by atoms with E-state index >= 15 is 0 Å². The zero-order valence-corrected chi connectivity index (χ0v) is 10.6. The summed E-state index contributed by atoms with van der Waals surface area (Å²) in [6, 6.07) is 0. The van der Waals surface area contributed by atoms with Gasteiger partial charge in [-0.2, -0.15) is 0 Å². The lowest BCUT2D eigenvalue weighted by molar-refractivity contribution is -0.512. The molecule has 0 aromatic carbocycles. The Bertz CT molecular complexity index is 303. The lowest BCUT2D eigenvalue weighted by Crippen LogP contribution is -2.52. The maximum atomic E-state index is 11.1. The van der Waals surface area contributed by atoms with Crippen LogP contribution in [0.5, 0.6) is 0 Å². The Balaban J connectivity index is 1.97. The third kappa shape index (κ3) is 2.46. The number of rotatable bonds is 1. The molecular weight excluding hydrogens is 224 g/mol. The van der Waals surface area contributed by atoms with Crippen LogP contribution < -0.4 is 0 Å². The molecule has 5 nitrogen and oxygen atoms in total. The highest BCUT2D eigenvalue weighted by molar-refractivity contribution is 5.74. The quantitative estimate of drug-likeness (QED) is 0.715. The van der Waals surface area contributed by atoms with Crippen LogP contribution in [-0.2, 0) is 19.3 Å². The minimum atomic E-state index is -0.746. The van der Waals surface area contributed by atoms with Crippen LogP contribution in [0.2, 0.25) is 0 Å². The van der Waals surface area contributed by atoms with E-state index in [1.807, 2.05) is 13.8 Å². The molecule has 98 valence electrons. The van der Waals surface area contributed by atoms with E-state index < -0.39 is 22.8 Å². The summed E-state index contributed by atoms with van der Waals surface area (Å²) in [6.07, 6.45) is 2.22. The number of hydrogen-bond acceptors (Lipinski definition) is 4. The van der Waals surface area contributed by atoms with Gasteiger partial charge in [0.15, 0.2) is 0 Å². The van der Waals surface area contributed by atoms with Crippen LogP contribution in [0, 0.1) is 5.41 Å². The molecule has 2 rings (SSSR count). The summed E-state index contributed by atoms with van der Waals surface area (Å²) in [5, 5.41) is 9.15. The minimum Gasteiger partial charge on any atom is -0.481 e. The van der Waals surface area contributed by atoms with Gasteiger partial charge < -0.3 is 9.84 Å². The average Bonchev–Trinajstić information content (AvgIpc) is 2.27. The van der Waals surface area contributed by atoms with E-state index in [2.05, 4.69) is 0 Å². The lowest BCUT2D eigenvalue weighted by atomic mass is 9.73. The Labute approximate surface area is 101 Å². The fraction of sp³-hybridized carbons (Fsp3) is 0.917. The Hall–Kier alpha value is -0.650. The number of carboxylic acids is 1. The molecule has 0 aromatic rings. The van der Waals surface area contributed by atoms with E-state index in [4.69, 9.17) is 19.6 Å². The van der Waals surface area contributed by atoms with Crippen LogP contribution in [0.25, 0.3) is 0 Å².